The van der Waals surface area contributed by atoms with E-state index in [9.17, 15) is 10.2 Å². The SMILES string of the molecule is C/C=C\c1c(O)c(Sc2c(O)c(/C=C\C)c(/C=C\C)c(/C=C\C)c2/C=C\C)c(/C=C\C)c(/C=C\C)c1/C=C\C. The van der Waals surface area contributed by atoms with Crippen molar-refractivity contribution in [3.8, 4) is 11.5 Å². The van der Waals surface area contributed by atoms with Gasteiger partial charge < -0.3 is 10.2 Å². The molecule has 2 aromatic carbocycles. The van der Waals surface area contributed by atoms with Crippen LogP contribution in [0.3, 0.4) is 0 Å². The molecular formula is C36H42O2S. The minimum atomic E-state index is 0.191. The number of aromatic hydroxyl groups is 2. The van der Waals surface area contributed by atoms with E-state index in [0.29, 0.717) is 9.79 Å². The predicted octanol–water partition coefficient (Wildman–Crippen LogP) is 11.5. The Morgan fingerprint density at radius 1 is 0.333 bits per heavy atom. The lowest BCUT2D eigenvalue weighted by Gasteiger charge is -2.22. The summed E-state index contributed by atoms with van der Waals surface area (Å²) in [6, 6.07) is 0. The molecule has 204 valence electrons. The van der Waals surface area contributed by atoms with Crippen LogP contribution in [0.4, 0.5) is 0 Å². The maximum atomic E-state index is 11.8. The molecule has 2 N–H and O–H groups in total. The van der Waals surface area contributed by atoms with E-state index in [-0.39, 0.29) is 11.5 Å². The average Bonchev–Trinajstić information content (AvgIpc) is 2.92. The van der Waals surface area contributed by atoms with Crippen LogP contribution < -0.4 is 0 Å². The van der Waals surface area contributed by atoms with Crippen LogP contribution in [0.25, 0.3) is 48.6 Å². The van der Waals surface area contributed by atoms with E-state index in [0.717, 1.165) is 44.5 Å². The Balaban J connectivity index is 3.22. The third-order valence-corrected chi connectivity index (χ3v) is 7.28. The van der Waals surface area contributed by atoms with Gasteiger partial charge in [-0.3, -0.25) is 0 Å². The monoisotopic (exact) mass is 538 g/mol. The van der Waals surface area contributed by atoms with E-state index in [1.54, 1.807) is 0 Å². The summed E-state index contributed by atoms with van der Waals surface area (Å²) in [7, 11) is 0. The summed E-state index contributed by atoms with van der Waals surface area (Å²) >= 11 is 1.40. The van der Waals surface area contributed by atoms with Gasteiger partial charge in [-0.1, -0.05) is 109 Å². The van der Waals surface area contributed by atoms with E-state index in [1.807, 2.05) is 140 Å². The molecule has 0 spiro atoms. The van der Waals surface area contributed by atoms with Gasteiger partial charge in [-0.15, -0.1) is 0 Å². The van der Waals surface area contributed by atoms with E-state index in [4.69, 9.17) is 0 Å². The summed E-state index contributed by atoms with van der Waals surface area (Å²) in [6.45, 7) is 15.8. The molecule has 2 nitrogen and oxygen atoms in total. The third-order valence-electron chi connectivity index (χ3n) is 6.04. The Labute approximate surface area is 239 Å². The summed E-state index contributed by atoms with van der Waals surface area (Å²) in [5.41, 5.74) is 7.25. The summed E-state index contributed by atoms with van der Waals surface area (Å²) in [4.78, 5) is 1.39. The smallest absolute Gasteiger partial charge is 0.137 e. The molecule has 0 aliphatic heterocycles. The lowest BCUT2D eigenvalue weighted by Crippen LogP contribution is -1.99. The van der Waals surface area contributed by atoms with Crippen LogP contribution in [0.5, 0.6) is 11.5 Å². The summed E-state index contributed by atoms with van der Waals surface area (Å²) in [6.07, 6.45) is 32.1. The lowest BCUT2D eigenvalue weighted by atomic mass is 9.92. The van der Waals surface area contributed by atoms with Gasteiger partial charge in [0.05, 0.1) is 9.79 Å². The van der Waals surface area contributed by atoms with E-state index < -0.39 is 0 Å². The first kappa shape index (κ1) is 31.5. The number of hydrogen-bond acceptors (Lipinski definition) is 3. The highest BCUT2D eigenvalue weighted by molar-refractivity contribution is 7.99. The van der Waals surface area contributed by atoms with Crippen molar-refractivity contribution in [1.29, 1.82) is 0 Å². The van der Waals surface area contributed by atoms with E-state index in [1.165, 1.54) is 11.8 Å². The molecule has 39 heavy (non-hydrogen) atoms. The molecule has 0 amide bonds. The molecule has 2 rings (SSSR count). The van der Waals surface area contributed by atoms with E-state index in [2.05, 4.69) is 12.2 Å². The second-order valence-electron chi connectivity index (χ2n) is 8.77. The van der Waals surface area contributed by atoms with Crippen molar-refractivity contribution in [2.45, 2.75) is 65.2 Å². The number of benzene rings is 2. The van der Waals surface area contributed by atoms with Crippen molar-refractivity contribution in [3.05, 3.63) is 93.1 Å². The van der Waals surface area contributed by atoms with Crippen LogP contribution in [0.15, 0.2) is 58.4 Å². The fraction of sp³-hybridized carbons (Fsp3) is 0.222. The molecule has 0 aliphatic carbocycles. The number of phenols is 2. The topological polar surface area (TPSA) is 40.5 Å². The second kappa shape index (κ2) is 15.7. The molecule has 0 saturated heterocycles. The van der Waals surface area contributed by atoms with Gasteiger partial charge >= 0.3 is 0 Å². The molecule has 0 fully saturated rings. The van der Waals surface area contributed by atoms with Crippen molar-refractivity contribution in [3.63, 3.8) is 0 Å². The third kappa shape index (κ3) is 6.85. The second-order valence-corrected chi connectivity index (χ2v) is 9.79. The quantitative estimate of drug-likeness (QED) is 0.316. The van der Waals surface area contributed by atoms with Gasteiger partial charge in [0.15, 0.2) is 0 Å². The Morgan fingerprint density at radius 2 is 0.538 bits per heavy atom. The van der Waals surface area contributed by atoms with Crippen molar-refractivity contribution in [1.82, 2.24) is 0 Å². The van der Waals surface area contributed by atoms with Crippen LogP contribution >= 0.6 is 11.8 Å². The maximum Gasteiger partial charge on any atom is 0.137 e. The highest BCUT2D eigenvalue weighted by Crippen LogP contribution is 2.51. The number of allylic oxidation sites excluding steroid dienone is 8. The Morgan fingerprint density at radius 3 is 0.795 bits per heavy atom. The molecule has 2 aromatic rings. The van der Waals surface area contributed by atoms with Gasteiger partial charge in [0.25, 0.3) is 0 Å². The van der Waals surface area contributed by atoms with Gasteiger partial charge in [-0.25, -0.2) is 0 Å². The van der Waals surface area contributed by atoms with Gasteiger partial charge in [0, 0.05) is 11.1 Å². The minimum absolute atomic E-state index is 0.191. The zero-order valence-electron chi connectivity index (χ0n) is 24.5. The van der Waals surface area contributed by atoms with Crippen LogP contribution in [-0.4, -0.2) is 10.2 Å². The average molecular weight is 539 g/mol. The Hall–Kier alpha value is -3.69. The van der Waals surface area contributed by atoms with Gasteiger partial charge in [0.1, 0.15) is 11.5 Å². The molecule has 0 radical (unpaired) electrons. The largest absolute Gasteiger partial charge is 0.506 e. The molecule has 0 heterocycles. The number of phenolic OH excluding ortho intramolecular Hbond substituents is 2. The van der Waals surface area contributed by atoms with Gasteiger partial charge in [-0.05, 0) is 88.8 Å². The predicted molar refractivity (Wildman–Crippen MR) is 178 cm³/mol. The summed E-state index contributed by atoms with van der Waals surface area (Å²) < 4.78 is 0. The molecule has 0 saturated carbocycles. The first-order chi connectivity index (χ1) is 18.9. The highest BCUT2D eigenvalue weighted by Gasteiger charge is 2.25. The Bertz CT molecular complexity index is 1300. The zero-order chi connectivity index (χ0) is 28.9. The van der Waals surface area contributed by atoms with E-state index >= 15 is 0 Å². The zero-order valence-corrected chi connectivity index (χ0v) is 25.4. The van der Waals surface area contributed by atoms with Crippen LogP contribution in [0.1, 0.15) is 99.9 Å². The molecule has 0 aromatic heterocycles. The van der Waals surface area contributed by atoms with Gasteiger partial charge in [-0.2, -0.15) is 0 Å². The summed E-state index contributed by atoms with van der Waals surface area (Å²) in [5, 5.41) is 23.6. The number of hydrogen-bond donors (Lipinski definition) is 2. The number of rotatable bonds is 10. The van der Waals surface area contributed by atoms with Crippen LogP contribution in [-0.2, 0) is 0 Å². The standard InChI is InChI=1S/C36H42O2S/c1-9-17-25-27(19-11-3)31(23-15-7)35(33(37)29(25)21-13-5)39-36-32(24-16-8)28(20-12-4)26(18-10-2)30(22-14-6)34(36)38/h9-24,37-38H,1-8H3/b17-9-,18-10-,19-11-,20-12-,21-13-,22-14-,23-15-,24-16-. The highest BCUT2D eigenvalue weighted by atomic mass is 32.2. The minimum Gasteiger partial charge on any atom is -0.506 e. The fourth-order valence-electron chi connectivity index (χ4n) is 4.61. The molecule has 3 heteroatoms. The molecule has 0 atom stereocenters. The molecular weight excluding hydrogens is 496 g/mol. The molecule has 0 bridgehead atoms. The van der Waals surface area contributed by atoms with Crippen molar-refractivity contribution in [2.75, 3.05) is 0 Å². The molecule has 0 aliphatic rings. The van der Waals surface area contributed by atoms with Crippen molar-refractivity contribution >= 4 is 60.4 Å². The van der Waals surface area contributed by atoms with Crippen molar-refractivity contribution < 1.29 is 10.2 Å². The lowest BCUT2D eigenvalue weighted by molar-refractivity contribution is 0.458. The first-order valence-corrected chi connectivity index (χ1v) is 14.3. The maximum absolute atomic E-state index is 11.8. The van der Waals surface area contributed by atoms with Crippen LogP contribution in [0, 0.1) is 0 Å². The van der Waals surface area contributed by atoms with Gasteiger partial charge in [0.2, 0.25) is 0 Å². The van der Waals surface area contributed by atoms with Crippen LogP contribution in [0.2, 0.25) is 0 Å². The van der Waals surface area contributed by atoms with Crippen molar-refractivity contribution in [2.24, 2.45) is 0 Å². The molecule has 0 unspecified atom stereocenters. The fourth-order valence-corrected chi connectivity index (χ4v) is 5.80. The first-order valence-electron chi connectivity index (χ1n) is 13.5. The normalized spacial score (nSPS) is 13.1. The summed E-state index contributed by atoms with van der Waals surface area (Å²) in [5.74, 6) is 0.382. The Kier molecular flexibility index (Phi) is 12.7.